The van der Waals surface area contributed by atoms with Crippen LogP contribution in [0.2, 0.25) is 0 Å². The first-order valence-corrected chi connectivity index (χ1v) is 9.08. The summed E-state index contributed by atoms with van der Waals surface area (Å²) >= 11 is 0. The third-order valence-electron chi connectivity index (χ3n) is 6.71. The molecule has 23 heavy (non-hydrogen) atoms. The highest BCUT2D eigenvalue weighted by molar-refractivity contribution is 5.83. The van der Waals surface area contributed by atoms with E-state index in [1.165, 1.54) is 6.42 Å². The molecule has 4 heteroatoms. The van der Waals surface area contributed by atoms with Crippen LogP contribution in [0.15, 0.2) is 24.5 Å². The van der Waals surface area contributed by atoms with Crippen LogP contribution in [0.4, 0.5) is 0 Å². The molecule has 4 atom stereocenters. The van der Waals surface area contributed by atoms with Crippen LogP contribution in [0.1, 0.15) is 51.9 Å². The number of aliphatic hydroxyl groups is 1. The number of carbonyl (C=O) groups excluding carboxylic acids is 1. The lowest BCUT2D eigenvalue weighted by Crippen LogP contribution is -2.63. The minimum absolute atomic E-state index is 0.185. The summed E-state index contributed by atoms with van der Waals surface area (Å²) in [6, 6.07) is 4.00. The van der Waals surface area contributed by atoms with Crippen LogP contribution >= 0.6 is 0 Å². The second-order valence-corrected chi connectivity index (χ2v) is 8.54. The summed E-state index contributed by atoms with van der Waals surface area (Å²) in [6.07, 6.45) is 10.8. The Hall–Kier alpha value is -1.29. The van der Waals surface area contributed by atoms with Crippen molar-refractivity contribution in [3.63, 3.8) is 0 Å². The molecule has 1 amide bonds. The van der Waals surface area contributed by atoms with Gasteiger partial charge in [0, 0.05) is 25.5 Å². The third kappa shape index (κ3) is 2.51. The SMILES string of the molecule is CCC12CC3CC(O)(C1)CC(C(=O)NCCn1cccc1)(C3)C2. The van der Waals surface area contributed by atoms with Crippen molar-refractivity contribution < 1.29 is 9.90 Å². The van der Waals surface area contributed by atoms with Crippen molar-refractivity contribution in [2.24, 2.45) is 16.7 Å². The number of carbonyl (C=O) groups is 1. The van der Waals surface area contributed by atoms with E-state index in [9.17, 15) is 9.90 Å². The molecular formula is C19H28N2O2. The molecule has 4 aliphatic carbocycles. The Labute approximate surface area is 138 Å². The van der Waals surface area contributed by atoms with Gasteiger partial charge in [0.05, 0.1) is 11.0 Å². The van der Waals surface area contributed by atoms with Gasteiger partial charge in [-0.2, -0.15) is 0 Å². The molecule has 1 aromatic rings. The summed E-state index contributed by atoms with van der Waals surface area (Å²) in [5.74, 6) is 0.719. The minimum atomic E-state index is -0.590. The summed E-state index contributed by atoms with van der Waals surface area (Å²) in [5, 5.41) is 14.2. The number of rotatable bonds is 5. The van der Waals surface area contributed by atoms with Crippen LogP contribution in [0.5, 0.6) is 0 Å². The number of amides is 1. The molecule has 0 aromatic carbocycles. The van der Waals surface area contributed by atoms with Crippen LogP contribution in [-0.2, 0) is 11.3 Å². The van der Waals surface area contributed by atoms with E-state index < -0.39 is 5.60 Å². The predicted octanol–water partition coefficient (Wildman–Crippen LogP) is 2.72. The lowest BCUT2D eigenvalue weighted by Gasteiger charge is -2.64. The summed E-state index contributed by atoms with van der Waals surface area (Å²) < 4.78 is 2.08. The fourth-order valence-electron chi connectivity index (χ4n) is 6.24. The Kier molecular flexibility index (Phi) is 3.38. The van der Waals surface area contributed by atoms with E-state index in [0.29, 0.717) is 18.9 Å². The number of aromatic nitrogens is 1. The second-order valence-electron chi connectivity index (χ2n) is 8.54. The molecule has 0 aliphatic heterocycles. The Morgan fingerprint density at radius 1 is 1.22 bits per heavy atom. The highest BCUT2D eigenvalue weighted by atomic mass is 16.3. The Morgan fingerprint density at radius 2 is 2.00 bits per heavy atom. The van der Waals surface area contributed by atoms with Gasteiger partial charge in [-0.3, -0.25) is 4.79 Å². The molecule has 2 N–H and O–H groups in total. The van der Waals surface area contributed by atoms with Crippen molar-refractivity contribution in [2.75, 3.05) is 6.54 Å². The van der Waals surface area contributed by atoms with Crippen molar-refractivity contribution in [1.29, 1.82) is 0 Å². The third-order valence-corrected chi connectivity index (χ3v) is 6.71. The van der Waals surface area contributed by atoms with E-state index >= 15 is 0 Å². The quantitative estimate of drug-likeness (QED) is 0.877. The highest BCUT2D eigenvalue weighted by Crippen LogP contribution is 2.67. The van der Waals surface area contributed by atoms with Crippen LogP contribution in [0.3, 0.4) is 0 Å². The van der Waals surface area contributed by atoms with E-state index in [1.807, 2.05) is 24.5 Å². The predicted molar refractivity (Wildman–Crippen MR) is 88.7 cm³/mol. The first-order chi connectivity index (χ1) is 11.0. The normalized spacial score (nSPS) is 41.2. The molecule has 4 fully saturated rings. The number of nitrogens with one attached hydrogen (secondary N) is 1. The zero-order valence-electron chi connectivity index (χ0n) is 14.1. The minimum Gasteiger partial charge on any atom is -0.390 e. The molecule has 4 saturated carbocycles. The molecule has 4 nitrogen and oxygen atoms in total. The van der Waals surface area contributed by atoms with Gasteiger partial charge in [0.1, 0.15) is 0 Å². The number of hydrogen-bond acceptors (Lipinski definition) is 2. The summed E-state index contributed by atoms with van der Waals surface area (Å²) in [7, 11) is 0. The van der Waals surface area contributed by atoms with Crippen molar-refractivity contribution in [3.8, 4) is 0 Å². The van der Waals surface area contributed by atoms with Gasteiger partial charge in [-0.25, -0.2) is 0 Å². The van der Waals surface area contributed by atoms with Crippen LogP contribution in [0, 0.1) is 16.7 Å². The van der Waals surface area contributed by atoms with Gasteiger partial charge in [-0.05, 0) is 62.0 Å². The van der Waals surface area contributed by atoms with E-state index in [4.69, 9.17) is 0 Å². The maximum Gasteiger partial charge on any atom is 0.226 e. The molecule has 1 aromatic heterocycles. The van der Waals surface area contributed by atoms with E-state index in [1.54, 1.807) is 0 Å². The van der Waals surface area contributed by atoms with Gasteiger partial charge >= 0.3 is 0 Å². The fraction of sp³-hybridized carbons (Fsp3) is 0.737. The largest absolute Gasteiger partial charge is 0.390 e. The van der Waals surface area contributed by atoms with E-state index in [-0.39, 0.29) is 16.7 Å². The van der Waals surface area contributed by atoms with Crippen LogP contribution in [0.25, 0.3) is 0 Å². The number of hydrogen-bond donors (Lipinski definition) is 2. The standard InChI is InChI=1S/C19H28N2O2/c1-2-17-9-15-10-18(12-17,14-19(23,11-15)13-17)16(22)20-5-8-21-6-3-4-7-21/h3-4,6-7,15,23H,2,5,8-14H2,1H3,(H,20,22). The summed E-state index contributed by atoms with van der Waals surface area (Å²) in [5.41, 5.74) is -0.708. The molecular weight excluding hydrogens is 288 g/mol. The van der Waals surface area contributed by atoms with Crippen LogP contribution in [-0.4, -0.2) is 27.7 Å². The van der Waals surface area contributed by atoms with Crippen molar-refractivity contribution >= 4 is 5.91 Å². The smallest absolute Gasteiger partial charge is 0.226 e. The first-order valence-electron chi connectivity index (χ1n) is 9.08. The maximum atomic E-state index is 13.0. The molecule has 0 saturated heterocycles. The van der Waals surface area contributed by atoms with Gasteiger partial charge in [0.2, 0.25) is 5.91 Å². The van der Waals surface area contributed by atoms with Gasteiger partial charge in [-0.15, -0.1) is 0 Å². The van der Waals surface area contributed by atoms with E-state index in [2.05, 4.69) is 16.8 Å². The molecule has 4 aliphatic rings. The van der Waals surface area contributed by atoms with E-state index in [0.717, 1.165) is 38.6 Å². The molecule has 0 radical (unpaired) electrons. The molecule has 4 unspecified atom stereocenters. The van der Waals surface area contributed by atoms with Gasteiger partial charge in [0.15, 0.2) is 0 Å². The summed E-state index contributed by atoms with van der Waals surface area (Å²) in [4.78, 5) is 13.0. The molecule has 1 heterocycles. The number of nitrogens with zero attached hydrogens (tertiary/aromatic N) is 1. The zero-order chi connectivity index (χ0) is 16.1. The lowest BCUT2D eigenvalue weighted by atomic mass is 9.42. The Morgan fingerprint density at radius 3 is 2.70 bits per heavy atom. The second kappa shape index (κ2) is 5.10. The molecule has 4 bridgehead atoms. The average molecular weight is 316 g/mol. The molecule has 5 rings (SSSR count). The molecule has 0 spiro atoms. The van der Waals surface area contributed by atoms with Gasteiger partial charge in [-0.1, -0.05) is 13.3 Å². The van der Waals surface area contributed by atoms with Crippen LogP contribution < -0.4 is 5.32 Å². The van der Waals surface area contributed by atoms with Gasteiger partial charge in [0.25, 0.3) is 0 Å². The van der Waals surface area contributed by atoms with Crippen molar-refractivity contribution in [3.05, 3.63) is 24.5 Å². The highest BCUT2D eigenvalue weighted by Gasteiger charge is 2.64. The lowest BCUT2D eigenvalue weighted by molar-refractivity contribution is -0.204. The fourth-order valence-corrected chi connectivity index (χ4v) is 6.24. The van der Waals surface area contributed by atoms with Crippen molar-refractivity contribution in [1.82, 2.24) is 9.88 Å². The summed E-state index contributed by atoms with van der Waals surface area (Å²) in [6.45, 7) is 3.70. The Balaban J connectivity index is 1.47. The Bertz CT molecular complexity index is 599. The molecule has 126 valence electrons. The topological polar surface area (TPSA) is 54.3 Å². The zero-order valence-corrected chi connectivity index (χ0v) is 14.1. The average Bonchev–Trinajstić information content (AvgIpc) is 2.98. The van der Waals surface area contributed by atoms with Gasteiger partial charge < -0.3 is 15.0 Å². The monoisotopic (exact) mass is 316 g/mol. The van der Waals surface area contributed by atoms with Crippen molar-refractivity contribution in [2.45, 2.75) is 64.0 Å². The first kappa shape index (κ1) is 15.3. The maximum absolute atomic E-state index is 13.0.